The molecule has 4 nitrogen and oxygen atoms in total. The van der Waals surface area contributed by atoms with Crippen molar-refractivity contribution in [3.05, 3.63) is 65.2 Å². The van der Waals surface area contributed by atoms with E-state index in [0.29, 0.717) is 12.6 Å². The zero-order valence-corrected chi connectivity index (χ0v) is 15.2. The van der Waals surface area contributed by atoms with Crippen LogP contribution in [0.5, 0.6) is 5.75 Å². The van der Waals surface area contributed by atoms with Gasteiger partial charge in [-0.25, -0.2) is 0 Å². The van der Waals surface area contributed by atoms with E-state index < -0.39 is 0 Å². The lowest BCUT2D eigenvalue weighted by atomic mass is 9.94. The van der Waals surface area contributed by atoms with Crippen molar-refractivity contribution in [2.75, 3.05) is 33.9 Å². The number of para-hydroxylation sites is 1. The van der Waals surface area contributed by atoms with E-state index >= 15 is 0 Å². The molecule has 0 fully saturated rings. The number of aliphatic hydroxyl groups is 1. The number of hydrogen-bond acceptors (Lipinski definition) is 4. The largest absolute Gasteiger partial charge is 0.491 e. The average molecular weight is 340 g/mol. The Bertz CT molecular complexity index is 689. The van der Waals surface area contributed by atoms with Gasteiger partial charge in [0.05, 0.1) is 6.61 Å². The summed E-state index contributed by atoms with van der Waals surface area (Å²) in [6, 6.07) is 17.4. The molecule has 25 heavy (non-hydrogen) atoms. The summed E-state index contributed by atoms with van der Waals surface area (Å²) in [5, 5.41) is 8.99. The summed E-state index contributed by atoms with van der Waals surface area (Å²) in [6.07, 6.45) is 1.10. The van der Waals surface area contributed by atoms with Gasteiger partial charge in [0, 0.05) is 31.2 Å². The van der Waals surface area contributed by atoms with Crippen LogP contribution < -0.4 is 4.74 Å². The third-order valence-corrected chi connectivity index (χ3v) is 4.90. The summed E-state index contributed by atoms with van der Waals surface area (Å²) in [7, 11) is 4.38. The number of hydrogen-bond donors (Lipinski definition) is 1. The molecule has 1 unspecified atom stereocenters. The van der Waals surface area contributed by atoms with Crippen molar-refractivity contribution in [3.63, 3.8) is 0 Å². The molecule has 0 bridgehead atoms. The Labute approximate surface area is 150 Å². The molecule has 2 aromatic rings. The van der Waals surface area contributed by atoms with Crippen LogP contribution in [0.4, 0.5) is 0 Å². The van der Waals surface area contributed by atoms with Crippen LogP contribution in [0.3, 0.4) is 0 Å². The van der Waals surface area contributed by atoms with E-state index in [4.69, 9.17) is 9.84 Å². The summed E-state index contributed by atoms with van der Waals surface area (Å²) in [4.78, 5) is 4.81. The lowest BCUT2D eigenvalue weighted by Gasteiger charge is -2.36. The number of fused-ring (bicyclic) bond motifs is 1. The monoisotopic (exact) mass is 340 g/mol. The molecule has 0 amide bonds. The minimum absolute atomic E-state index is 0.0381. The van der Waals surface area contributed by atoms with Crippen molar-refractivity contribution >= 4 is 0 Å². The molecule has 0 radical (unpaired) electrons. The summed E-state index contributed by atoms with van der Waals surface area (Å²) in [6.45, 7) is 3.25. The highest BCUT2D eigenvalue weighted by molar-refractivity contribution is 5.33. The molecule has 1 atom stereocenters. The molecule has 0 saturated carbocycles. The number of nitrogens with zero attached hydrogens (tertiary/aromatic N) is 2. The van der Waals surface area contributed by atoms with Crippen LogP contribution in [0.1, 0.15) is 16.7 Å². The van der Waals surface area contributed by atoms with Crippen LogP contribution in [0, 0.1) is 0 Å². The van der Waals surface area contributed by atoms with Gasteiger partial charge in [-0.3, -0.25) is 4.90 Å². The van der Waals surface area contributed by atoms with Gasteiger partial charge in [-0.2, -0.15) is 0 Å². The fourth-order valence-corrected chi connectivity index (χ4v) is 3.57. The van der Waals surface area contributed by atoms with Crippen LogP contribution in [-0.2, 0) is 19.5 Å². The Morgan fingerprint density at radius 3 is 2.64 bits per heavy atom. The molecule has 1 heterocycles. The second-order valence-electron chi connectivity index (χ2n) is 6.92. The van der Waals surface area contributed by atoms with Gasteiger partial charge < -0.3 is 14.7 Å². The van der Waals surface area contributed by atoms with Crippen LogP contribution in [0.15, 0.2) is 48.5 Å². The van der Waals surface area contributed by atoms with E-state index in [1.807, 2.05) is 18.2 Å². The first-order chi connectivity index (χ1) is 12.2. The second-order valence-corrected chi connectivity index (χ2v) is 6.92. The Morgan fingerprint density at radius 2 is 1.84 bits per heavy atom. The highest BCUT2D eigenvalue weighted by atomic mass is 16.5. The van der Waals surface area contributed by atoms with E-state index in [0.717, 1.165) is 37.4 Å². The topological polar surface area (TPSA) is 35.9 Å². The molecule has 0 aliphatic carbocycles. The third-order valence-electron chi connectivity index (χ3n) is 4.90. The van der Waals surface area contributed by atoms with E-state index in [1.54, 1.807) is 0 Å². The molecule has 0 aromatic heterocycles. The fourth-order valence-electron chi connectivity index (χ4n) is 3.57. The van der Waals surface area contributed by atoms with Gasteiger partial charge in [0.25, 0.3) is 0 Å². The lowest BCUT2D eigenvalue weighted by Crippen LogP contribution is -2.44. The molecular formula is C21H28N2O2. The SMILES string of the molecule is CN(Cc1ccccc1OCCO)CC1Cc2ccccc2CN1C. The first-order valence-corrected chi connectivity index (χ1v) is 8.94. The maximum Gasteiger partial charge on any atom is 0.123 e. The Balaban J connectivity index is 1.62. The maximum atomic E-state index is 8.99. The predicted molar refractivity (Wildman–Crippen MR) is 101 cm³/mol. The van der Waals surface area contributed by atoms with Crippen molar-refractivity contribution in [1.29, 1.82) is 0 Å². The normalized spacial score (nSPS) is 17.5. The number of rotatable bonds is 7. The van der Waals surface area contributed by atoms with Gasteiger partial charge in [-0.15, -0.1) is 0 Å². The van der Waals surface area contributed by atoms with E-state index in [2.05, 4.69) is 54.2 Å². The minimum Gasteiger partial charge on any atom is -0.491 e. The quantitative estimate of drug-likeness (QED) is 0.840. The summed E-state index contributed by atoms with van der Waals surface area (Å²) in [5.41, 5.74) is 4.09. The van der Waals surface area contributed by atoms with Gasteiger partial charge >= 0.3 is 0 Å². The van der Waals surface area contributed by atoms with E-state index in [9.17, 15) is 0 Å². The number of aliphatic hydroxyl groups excluding tert-OH is 1. The Hall–Kier alpha value is -1.88. The zero-order valence-electron chi connectivity index (χ0n) is 15.2. The zero-order chi connectivity index (χ0) is 17.6. The summed E-state index contributed by atoms with van der Waals surface area (Å²) in [5.74, 6) is 0.866. The summed E-state index contributed by atoms with van der Waals surface area (Å²) >= 11 is 0. The molecule has 0 spiro atoms. The standard InChI is InChI=1S/C21H28N2O2/c1-22(14-19-9-5-6-10-21(19)25-12-11-24)16-20-13-17-7-3-4-8-18(17)15-23(20)2/h3-10,20,24H,11-16H2,1-2H3. The first-order valence-electron chi connectivity index (χ1n) is 8.94. The van der Waals surface area contributed by atoms with Crippen molar-refractivity contribution in [1.82, 2.24) is 9.80 Å². The first kappa shape index (κ1) is 17.9. The third kappa shape index (κ3) is 4.60. The molecule has 1 aliphatic rings. The van der Waals surface area contributed by atoms with Crippen LogP contribution >= 0.6 is 0 Å². The maximum absolute atomic E-state index is 8.99. The second kappa shape index (κ2) is 8.48. The highest BCUT2D eigenvalue weighted by Crippen LogP contribution is 2.24. The van der Waals surface area contributed by atoms with Crippen molar-refractivity contribution in [3.8, 4) is 5.75 Å². The predicted octanol–water partition coefficient (Wildman–Crippen LogP) is 2.55. The van der Waals surface area contributed by atoms with Gasteiger partial charge in [-0.1, -0.05) is 42.5 Å². The van der Waals surface area contributed by atoms with Gasteiger partial charge in [0.2, 0.25) is 0 Å². The van der Waals surface area contributed by atoms with E-state index in [-0.39, 0.29) is 6.61 Å². The highest BCUT2D eigenvalue weighted by Gasteiger charge is 2.24. The van der Waals surface area contributed by atoms with Gasteiger partial charge in [0.1, 0.15) is 12.4 Å². The molecule has 4 heteroatoms. The van der Waals surface area contributed by atoms with Crippen LogP contribution in [0.2, 0.25) is 0 Å². The Kier molecular flexibility index (Phi) is 6.08. The molecule has 134 valence electrons. The van der Waals surface area contributed by atoms with Crippen molar-refractivity contribution in [2.24, 2.45) is 0 Å². The number of ether oxygens (including phenoxy) is 1. The number of likely N-dealkylation sites (N-methyl/N-ethyl adjacent to an activating group) is 2. The molecule has 2 aromatic carbocycles. The van der Waals surface area contributed by atoms with Crippen LogP contribution in [-0.4, -0.2) is 54.8 Å². The molecule has 1 N–H and O–H groups in total. The fraction of sp³-hybridized carbons (Fsp3) is 0.429. The van der Waals surface area contributed by atoms with E-state index in [1.165, 1.54) is 11.1 Å². The Morgan fingerprint density at radius 1 is 1.12 bits per heavy atom. The van der Waals surface area contributed by atoms with Crippen molar-refractivity contribution in [2.45, 2.75) is 25.6 Å². The smallest absolute Gasteiger partial charge is 0.123 e. The number of benzene rings is 2. The molecule has 0 saturated heterocycles. The molecular weight excluding hydrogens is 312 g/mol. The van der Waals surface area contributed by atoms with Gasteiger partial charge in [0.15, 0.2) is 0 Å². The molecule has 1 aliphatic heterocycles. The molecule has 3 rings (SSSR count). The average Bonchev–Trinajstić information content (AvgIpc) is 2.61. The minimum atomic E-state index is 0.0381. The van der Waals surface area contributed by atoms with Crippen LogP contribution in [0.25, 0.3) is 0 Å². The summed E-state index contributed by atoms with van der Waals surface area (Å²) < 4.78 is 5.66. The van der Waals surface area contributed by atoms with Gasteiger partial charge in [-0.05, 0) is 37.7 Å². The van der Waals surface area contributed by atoms with Crippen molar-refractivity contribution < 1.29 is 9.84 Å². The lowest BCUT2D eigenvalue weighted by molar-refractivity contribution is 0.156.